The number of nitrogens with zero attached hydrogens (tertiary/aromatic N) is 4. The molecule has 12 nitrogen and oxygen atoms in total. The summed E-state index contributed by atoms with van der Waals surface area (Å²) in [7, 11) is 0. The zero-order valence-corrected chi connectivity index (χ0v) is 14.2. The Hall–Kier alpha value is -4.74. The standard InChI is InChI=1S/C18H2N4O8/c23-11-7-9(13(25)17(29)15(11)27)21-5-2-6-4(1-3(5)19-7)20-8-10(22-6)14(26)18(30)16(28)12(8)24/h1-2H. The van der Waals surface area contributed by atoms with Gasteiger partial charge in [-0.25, -0.2) is 19.9 Å². The number of hydrogen-bond acceptors (Lipinski definition) is 12. The van der Waals surface area contributed by atoms with Gasteiger partial charge < -0.3 is 0 Å². The largest absolute Gasteiger partial charge is 0.283 e. The van der Waals surface area contributed by atoms with Crippen LogP contribution in [0.2, 0.25) is 0 Å². The maximum Gasteiger partial charge on any atom is 0.279 e. The summed E-state index contributed by atoms with van der Waals surface area (Å²) in [4.78, 5) is 110. The summed E-state index contributed by atoms with van der Waals surface area (Å²) >= 11 is 0. The van der Waals surface area contributed by atoms with Gasteiger partial charge in [0.1, 0.15) is 22.1 Å². The molecule has 2 aromatic heterocycles. The monoisotopic (exact) mass is 402 g/mol. The Morgan fingerprint density at radius 1 is 0.333 bits per heavy atom. The minimum absolute atomic E-state index is 0.0317. The Labute approximate surface area is 158 Å². The normalized spacial score (nSPS) is 11.7. The lowest BCUT2D eigenvalue weighted by Crippen LogP contribution is -2.47. The van der Waals surface area contributed by atoms with Crippen LogP contribution in [0, 0.1) is 0 Å². The van der Waals surface area contributed by atoms with Gasteiger partial charge in [-0.2, -0.15) is 0 Å². The zero-order valence-electron chi connectivity index (χ0n) is 14.2. The van der Waals surface area contributed by atoms with E-state index in [0.717, 1.165) is 0 Å². The van der Waals surface area contributed by atoms with Gasteiger partial charge in [-0.1, -0.05) is 0 Å². The van der Waals surface area contributed by atoms with E-state index in [0.29, 0.717) is 0 Å². The number of aromatic nitrogens is 4. The highest BCUT2D eigenvalue weighted by Crippen LogP contribution is 2.19. The van der Waals surface area contributed by atoms with Gasteiger partial charge in [-0.05, 0) is 12.1 Å². The summed E-state index contributed by atoms with van der Waals surface area (Å²) in [5, 5.41) is 0. The van der Waals surface area contributed by atoms with E-state index >= 15 is 0 Å². The van der Waals surface area contributed by atoms with E-state index in [4.69, 9.17) is 0 Å². The fourth-order valence-electron chi connectivity index (χ4n) is 3.08. The van der Waals surface area contributed by atoms with Crippen LogP contribution >= 0.6 is 0 Å². The summed E-state index contributed by atoms with van der Waals surface area (Å²) < 4.78 is 0. The maximum atomic E-state index is 12.0. The predicted octanol–water partition coefficient (Wildman–Crippen LogP) is -3.49. The minimum Gasteiger partial charge on any atom is -0.283 e. The van der Waals surface area contributed by atoms with Crippen LogP contribution < -0.4 is 43.4 Å². The van der Waals surface area contributed by atoms with Crippen LogP contribution in [0.15, 0.2) is 50.5 Å². The summed E-state index contributed by atoms with van der Waals surface area (Å²) in [5.74, 6) is 0. The van der Waals surface area contributed by atoms with Crippen LogP contribution in [0.4, 0.5) is 0 Å². The van der Waals surface area contributed by atoms with Crippen molar-refractivity contribution in [2.24, 2.45) is 0 Å². The molecule has 5 rings (SSSR count). The summed E-state index contributed by atoms with van der Waals surface area (Å²) in [6.45, 7) is 0. The molecule has 0 radical (unpaired) electrons. The highest BCUT2D eigenvalue weighted by Gasteiger charge is 2.19. The van der Waals surface area contributed by atoms with Gasteiger partial charge in [-0.15, -0.1) is 0 Å². The summed E-state index contributed by atoms with van der Waals surface area (Å²) in [5.41, 5.74) is -13.8. The first kappa shape index (κ1) is 17.4. The molecule has 0 aliphatic carbocycles. The van der Waals surface area contributed by atoms with E-state index < -0.39 is 65.5 Å². The molecule has 0 aliphatic heterocycles. The quantitative estimate of drug-likeness (QED) is 0.184. The van der Waals surface area contributed by atoms with Gasteiger partial charge in [0, 0.05) is 0 Å². The van der Waals surface area contributed by atoms with Crippen molar-refractivity contribution in [2.45, 2.75) is 0 Å². The van der Waals surface area contributed by atoms with Gasteiger partial charge in [0.25, 0.3) is 43.4 Å². The molecular weight excluding hydrogens is 400 g/mol. The molecule has 0 unspecified atom stereocenters. The molecular formula is C18H2N4O8. The van der Waals surface area contributed by atoms with Crippen LogP contribution in [0.1, 0.15) is 0 Å². The van der Waals surface area contributed by atoms with Crippen LogP contribution in [0.25, 0.3) is 44.1 Å². The number of hydrogen-bond donors (Lipinski definition) is 0. The molecule has 2 heterocycles. The van der Waals surface area contributed by atoms with Crippen molar-refractivity contribution in [2.75, 3.05) is 0 Å². The number of rotatable bonds is 0. The van der Waals surface area contributed by atoms with Gasteiger partial charge >= 0.3 is 0 Å². The third-order valence-corrected chi connectivity index (χ3v) is 4.55. The van der Waals surface area contributed by atoms with Crippen LogP contribution in [0.3, 0.4) is 0 Å². The Morgan fingerprint density at radius 2 is 0.533 bits per heavy atom. The van der Waals surface area contributed by atoms with Gasteiger partial charge in [-0.3, -0.25) is 38.4 Å². The molecule has 0 fully saturated rings. The molecule has 0 saturated carbocycles. The highest BCUT2D eigenvalue weighted by atomic mass is 16.2. The first-order valence-electron chi connectivity index (χ1n) is 8.08. The predicted molar refractivity (Wildman–Crippen MR) is 103 cm³/mol. The van der Waals surface area contributed by atoms with Crippen molar-refractivity contribution < 1.29 is 0 Å². The lowest BCUT2D eigenvalue weighted by molar-refractivity contribution is 1.28. The van der Waals surface area contributed by atoms with E-state index in [1.165, 1.54) is 12.1 Å². The molecule has 0 saturated heterocycles. The van der Waals surface area contributed by atoms with E-state index in [2.05, 4.69) is 19.9 Å². The van der Waals surface area contributed by atoms with Crippen molar-refractivity contribution in [1.82, 2.24) is 19.9 Å². The van der Waals surface area contributed by atoms with Crippen LogP contribution in [-0.2, 0) is 0 Å². The third-order valence-electron chi connectivity index (χ3n) is 4.55. The molecule has 0 atom stereocenters. The van der Waals surface area contributed by atoms with Crippen molar-refractivity contribution in [3.63, 3.8) is 0 Å². The average molecular weight is 402 g/mol. The van der Waals surface area contributed by atoms with E-state index in [9.17, 15) is 38.4 Å². The second kappa shape index (κ2) is 5.41. The maximum absolute atomic E-state index is 12.0. The average Bonchev–Trinajstić information content (AvgIpc) is 2.75. The van der Waals surface area contributed by atoms with Crippen molar-refractivity contribution in [1.29, 1.82) is 0 Å². The minimum atomic E-state index is -1.52. The second-order valence-corrected chi connectivity index (χ2v) is 6.30. The summed E-state index contributed by atoms with van der Waals surface area (Å²) in [6, 6.07) is 2.39. The number of benzene rings is 3. The third kappa shape index (κ3) is 2.03. The van der Waals surface area contributed by atoms with Crippen molar-refractivity contribution >= 4 is 44.1 Å². The summed E-state index contributed by atoms with van der Waals surface area (Å²) in [6.07, 6.45) is 0. The Kier molecular flexibility index (Phi) is 3.13. The molecule has 5 aromatic rings. The van der Waals surface area contributed by atoms with Gasteiger partial charge in [0.05, 0.1) is 22.1 Å². The molecule has 142 valence electrons. The number of fused-ring (bicyclic) bond motifs is 4. The molecule has 3 aromatic carbocycles. The van der Waals surface area contributed by atoms with Crippen molar-refractivity contribution in [3.8, 4) is 0 Å². The van der Waals surface area contributed by atoms with Crippen LogP contribution in [-0.4, -0.2) is 19.9 Å². The fraction of sp³-hybridized carbons (Fsp3) is 0. The van der Waals surface area contributed by atoms with Gasteiger partial charge in [0.15, 0.2) is 0 Å². The molecule has 0 spiro atoms. The molecule has 30 heavy (non-hydrogen) atoms. The van der Waals surface area contributed by atoms with Crippen molar-refractivity contribution in [3.05, 3.63) is 93.9 Å². The molecule has 0 bridgehead atoms. The van der Waals surface area contributed by atoms with Gasteiger partial charge in [0.2, 0.25) is 0 Å². The Bertz CT molecular complexity index is 1770. The topological polar surface area (TPSA) is 188 Å². The second-order valence-electron chi connectivity index (χ2n) is 6.30. The SMILES string of the molecule is O=c1c(=O)c(=O)c2nc3cc4nc5c(=O)c(=O)c(=O)c(=O)c5nc4cc3nc2c1=O. The lowest BCUT2D eigenvalue weighted by Gasteiger charge is -2.02. The molecule has 12 heteroatoms. The van der Waals surface area contributed by atoms with E-state index in [-0.39, 0.29) is 22.1 Å². The lowest BCUT2D eigenvalue weighted by atomic mass is 10.2. The zero-order chi connectivity index (χ0) is 21.5. The van der Waals surface area contributed by atoms with Crippen LogP contribution in [0.5, 0.6) is 0 Å². The smallest absolute Gasteiger partial charge is 0.279 e. The fourth-order valence-corrected chi connectivity index (χ4v) is 3.08. The van der Waals surface area contributed by atoms with E-state index in [1.807, 2.05) is 0 Å². The Balaban J connectivity index is 2.03. The molecule has 0 N–H and O–H groups in total. The van der Waals surface area contributed by atoms with E-state index in [1.54, 1.807) is 0 Å². The Morgan fingerprint density at radius 3 is 0.733 bits per heavy atom. The first-order chi connectivity index (χ1) is 14.2. The molecule has 0 amide bonds. The first-order valence-corrected chi connectivity index (χ1v) is 8.08. The highest BCUT2D eigenvalue weighted by molar-refractivity contribution is 5.96. The molecule has 0 aliphatic rings.